The Morgan fingerprint density at radius 1 is 0.895 bits per heavy atom. The zero-order valence-electron chi connectivity index (χ0n) is 11.2. The Morgan fingerprint density at radius 2 is 1.68 bits per heavy atom. The van der Waals surface area contributed by atoms with Gasteiger partial charge in [-0.1, -0.05) is 42.5 Å². The molecule has 2 aromatic carbocycles. The predicted octanol–water partition coefficient (Wildman–Crippen LogP) is 4.24. The summed E-state index contributed by atoms with van der Waals surface area (Å²) in [4.78, 5) is 3.88. The van der Waals surface area contributed by atoms with Crippen LogP contribution in [0.2, 0.25) is 0 Å². The Hall–Kier alpha value is -2.35. The number of aryl methyl sites for hydroxylation is 2. The summed E-state index contributed by atoms with van der Waals surface area (Å²) in [6, 6.07) is 15.7. The molecule has 0 aliphatic heterocycles. The van der Waals surface area contributed by atoms with Crippen LogP contribution in [0.1, 0.15) is 11.1 Å². The monoisotopic (exact) mass is 251 g/mol. The number of benzene rings is 2. The van der Waals surface area contributed by atoms with Crippen LogP contribution in [0.25, 0.3) is 10.8 Å². The molecule has 0 radical (unpaired) electrons. The first-order valence-electron chi connectivity index (χ1n) is 6.22. The molecule has 96 valence electrons. The Bertz CT molecular complexity index is 662. The maximum absolute atomic E-state index is 9.66. The topological polar surface area (TPSA) is 33.1 Å². The first-order chi connectivity index (χ1) is 9.18. The molecular weight excluding hydrogens is 234 g/mol. The lowest BCUT2D eigenvalue weighted by molar-refractivity contribution is 0.477. The van der Waals surface area contributed by atoms with E-state index in [2.05, 4.69) is 4.98 Å². The molecule has 0 saturated carbocycles. The Labute approximate surface area is 113 Å². The van der Waals surface area contributed by atoms with E-state index in [1.54, 1.807) is 6.20 Å². The molecule has 2 nitrogen and oxygen atoms in total. The number of phenols is 1. The van der Waals surface area contributed by atoms with Crippen molar-refractivity contribution < 1.29 is 5.11 Å². The molecule has 1 heterocycles. The summed E-state index contributed by atoms with van der Waals surface area (Å²) in [5.74, 6) is 0.396. The molecule has 1 N–H and O–H groups in total. The normalized spacial score (nSPS) is 9.79. The molecule has 3 rings (SSSR count). The Kier molecular flexibility index (Phi) is 4.14. The standard InChI is InChI=1S/C11H10O.C6H7N/c1-8-6-7-9-4-2-3-5-10(9)11(8)12;1-6-3-2-4-7-5-6/h2-7,12H,1H3;2-5H,1H3. The van der Waals surface area contributed by atoms with E-state index in [1.165, 1.54) is 5.56 Å². The van der Waals surface area contributed by atoms with Gasteiger partial charge in [-0.05, 0) is 36.4 Å². The molecule has 1 aromatic heterocycles. The highest BCUT2D eigenvalue weighted by molar-refractivity contribution is 5.89. The van der Waals surface area contributed by atoms with Gasteiger partial charge < -0.3 is 5.11 Å². The van der Waals surface area contributed by atoms with E-state index >= 15 is 0 Å². The third-order valence-corrected chi connectivity index (χ3v) is 2.91. The first kappa shape index (κ1) is 13.1. The van der Waals surface area contributed by atoms with E-state index in [0.717, 1.165) is 16.3 Å². The van der Waals surface area contributed by atoms with Gasteiger partial charge in [-0.2, -0.15) is 0 Å². The Morgan fingerprint density at radius 3 is 2.32 bits per heavy atom. The van der Waals surface area contributed by atoms with Crippen LogP contribution >= 0.6 is 0 Å². The van der Waals surface area contributed by atoms with Gasteiger partial charge in [0.15, 0.2) is 0 Å². The fraction of sp³-hybridized carbons (Fsp3) is 0.118. The van der Waals surface area contributed by atoms with Crippen molar-refractivity contribution in [1.82, 2.24) is 4.98 Å². The van der Waals surface area contributed by atoms with E-state index in [0.29, 0.717) is 5.75 Å². The molecule has 0 saturated heterocycles. The molecular formula is C17H17NO. The van der Waals surface area contributed by atoms with Gasteiger partial charge in [-0.25, -0.2) is 0 Å². The van der Waals surface area contributed by atoms with E-state index in [4.69, 9.17) is 0 Å². The summed E-state index contributed by atoms with van der Waals surface area (Å²) in [6.45, 7) is 3.93. The fourth-order valence-electron chi connectivity index (χ4n) is 1.81. The molecule has 2 heteroatoms. The zero-order valence-corrected chi connectivity index (χ0v) is 11.2. The first-order valence-corrected chi connectivity index (χ1v) is 6.22. The number of aromatic hydroxyl groups is 1. The van der Waals surface area contributed by atoms with Crippen molar-refractivity contribution in [2.45, 2.75) is 13.8 Å². The van der Waals surface area contributed by atoms with Crippen LogP contribution < -0.4 is 0 Å². The van der Waals surface area contributed by atoms with Crippen LogP contribution in [-0.2, 0) is 0 Å². The van der Waals surface area contributed by atoms with Crippen LogP contribution in [-0.4, -0.2) is 10.1 Å². The molecule has 0 aliphatic rings. The van der Waals surface area contributed by atoms with Crippen molar-refractivity contribution >= 4 is 10.8 Å². The van der Waals surface area contributed by atoms with Crippen molar-refractivity contribution in [3.05, 3.63) is 72.1 Å². The molecule has 0 atom stereocenters. The largest absolute Gasteiger partial charge is 0.507 e. The lowest BCUT2D eigenvalue weighted by Crippen LogP contribution is -1.77. The Balaban J connectivity index is 0.000000163. The summed E-state index contributed by atoms with van der Waals surface area (Å²) in [5, 5.41) is 11.7. The minimum absolute atomic E-state index is 0.396. The van der Waals surface area contributed by atoms with Crippen molar-refractivity contribution in [2.75, 3.05) is 0 Å². The average molecular weight is 251 g/mol. The number of aromatic nitrogens is 1. The quantitative estimate of drug-likeness (QED) is 0.648. The van der Waals surface area contributed by atoms with Crippen LogP contribution in [0, 0.1) is 13.8 Å². The maximum atomic E-state index is 9.66. The number of hydrogen-bond acceptors (Lipinski definition) is 2. The van der Waals surface area contributed by atoms with Gasteiger partial charge in [0.2, 0.25) is 0 Å². The number of nitrogens with zero attached hydrogens (tertiary/aromatic N) is 1. The van der Waals surface area contributed by atoms with Crippen molar-refractivity contribution in [3.8, 4) is 5.75 Å². The summed E-state index contributed by atoms with van der Waals surface area (Å²) in [6.07, 6.45) is 3.60. The number of hydrogen-bond donors (Lipinski definition) is 1. The van der Waals surface area contributed by atoms with Crippen LogP contribution in [0.15, 0.2) is 60.9 Å². The maximum Gasteiger partial charge on any atom is 0.126 e. The molecule has 0 amide bonds. The van der Waals surface area contributed by atoms with Gasteiger partial charge in [-0.15, -0.1) is 0 Å². The minimum atomic E-state index is 0.396. The number of pyridine rings is 1. The molecule has 0 unspecified atom stereocenters. The lowest BCUT2D eigenvalue weighted by Gasteiger charge is -2.02. The summed E-state index contributed by atoms with van der Waals surface area (Å²) in [7, 11) is 0. The highest BCUT2D eigenvalue weighted by Gasteiger charge is 2.00. The van der Waals surface area contributed by atoms with Gasteiger partial charge >= 0.3 is 0 Å². The second kappa shape index (κ2) is 6.01. The van der Waals surface area contributed by atoms with Gasteiger partial charge in [0.25, 0.3) is 0 Å². The molecule has 0 aliphatic carbocycles. The van der Waals surface area contributed by atoms with E-state index in [9.17, 15) is 5.11 Å². The number of rotatable bonds is 0. The van der Waals surface area contributed by atoms with Crippen molar-refractivity contribution in [1.29, 1.82) is 0 Å². The molecule has 0 fully saturated rings. The van der Waals surface area contributed by atoms with Crippen LogP contribution in [0.3, 0.4) is 0 Å². The smallest absolute Gasteiger partial charge is 0.126 e. The van der Waals surface area contributed by atoms with Gasteiger partial charge in [0.05, 0.1) is 0 Å². The van der Waals surface area contributed by atoms with Crippen molar-refractivity contribution in [2.24, 2.45) is 0 Å². The zero-order chi connectivity index (χ0) is 13.7. The van der Waals surface area contributed by atoms with E-state index in [1.807, 2.05) is 68.6 Å². The highest BCUT2D eigenvalue weighted by atomic mass is 16.3. The number of fused-ring (bicyclic) bond motifs is 1. The van der Waals surface area contributed by atoms with Crippen LogP contribution in [0.4, 0.5) is 0 Å². The van der Waals surface area contributed by atoms with E-state index < -0.39 is 0 Å². The molecule has 0 bridgehead atoms. The van der Waals surface area contributed by atoms with Gasteiger partial charge in [0, 0.05) is 17.8 Å². The predicted molar refractivity (Wildman–Crippen MR) is 79.3 cm³/mol. The van der Waals surface area contributed by atoms with Gasteiger partial charge in [-0.3, -0.25) is 4.98 Å². The summed E-state index contributed by atoms with van der Waals surface area (Å²) >= 11 is 0. The molecule has 3 aromatic rings. The molecule has 19 heavy (non-hydrogen) atoms. The lowest BCUT2D eigenvalue weighted by atomic mass is 10.1. The SMILES string of the molecule is Cc1ccc2ccccc2c1O.Cc1cccnc1. The third kappa shape index (κ3) is 3.32. The second-order valence-corrected chi connectivity index (χ2v) is 4.48. The highest BCUT2D eigenvalue weighted by Crippen LogP contribution is 2.27. The van der Waals surface area contributed by atoms with E-state index in [-0.39, 0.29) is 0 Å². The third-order valence-electron chi connectivity index (χ3n) is 2.91. The van der Waals surface area contributed by atoms with Crippen LogP contribution in [0.5, 0.6) is 5.75 Å². The van der Waals surface area contributed by atoms with Gasteiger partial charge in [0.1, 0.15) is 5.75 Å². The number of phenolic OH excluding ortho intramolecular Hbond substituents is 1. The van der Waals surface area contributed by atoms with Crippen molar-refractivity contribution in [3.63, 3.8) is 0 Å². The second-order valence-electron chi connectivity index (χ2n) is 4.48. The molecule has 0 spiro atoms. The summed E-state index contributed by atoms with van der Waals surface area (Å²) in [5.41, 5.74) is 2.14. The average Bonchev–Trinajstić information content (AvgIpc) is 2.45. The minimum Gasteiger partial charge on any atom is -0.507 e. The fourth-order valence-corrected chi connectivity index (χ4v) is 1.81. The summed E-state index contributed by atoms with van der Waals surface area (Å²) < 4.78 is 0.